The van der Waals surface area contributed by atoms with Crippen LogP contribution in [0.15, 0.2) is 39.9 Å². The van der Waals surface area contributed by atoms with E-state index in [-0.39, 0.29) is 0 Å². The van der Waals surface area contributed by atoms with Crippen LogP contribution in [0.3, 0.4) is 0 Å². The summed E-state index contributed by atoms with van der Waals surface area (Å²) in [6, 6.07) is 9.00. The van der Waals surface area contributed by atoms with Crippen molar-refractivity contribution in [1.29, 1.82) is 0 Å². The average Bonchev–Trinajstić information content (AvgIpc) is 2.64. The zero-order chi connectivity index (χ0) is 19.8. The summed E-state index contributed by atoms with van der Waals surface area (Å²) in [5.41, 5.74) is 4.45. The normalized spacial score (nSPS) is 10.7. The van der Waals surface area contributed by atoms with Gasteiger partial charge in [0.1, 0.15) is 6.61 Å². The Hall–Kier alpha value is -1.54. The standard InChI is InChI=1S/C18H18BrCl2N3O2S/c1-3-22-18(27)24-23-9-12-7-16(25-2)17(8-13(12)19)26-10-11-4-5-14(20)15(21)6-11/h4-9H,3,10H2,1-2H3,(H2,22,24,27). The molecule has 27 heavy (non-hydrogen) atoms. The first-order valence-corrected chi connectivity index (χ1v) is 9.91. The number of methoxy groups -OCH3 is 1. The van der Waals surface area contributed by atoms with Crippen molar-refractivity contribution in [1.82, 2.24) is 10.7 Å². The van der Waals surface area contributed by atoms with Crippen LogP contribution in [0.25, 0.3) is 0 Å². The molecule has 0 fully saturated rings. The van der Waals surface area contributed by atoms with Gasteiger partial charge in [0.05, 0.1) is 23.4 Å². The Morgan fingerprint density at radius 2 is 2.00 bits per heavy atom. The molecule has 0 aliphatic rings. The van der Waals surface area contributed by atoms with Gasteiger partial charge in [-0.2, -0.15) is 5.10 Å². The second-order valence-corrected chi connectivity index (χ2v) is 7.37. The summed E-state index contributed by atoms with van der Waals surface area (Å²) in [5.74, 6) is 1.16. The Morgan fingerprint density at radius 1 is 1.22 bits per heavy atom. The number of nitrogens with one attached hydrogen (secondary N) is 2. The smallest absolute Gasteiger partial charge is 0.186 e. The summed E-state index contributed by atoms with van der Waals surface area (Å²) in [7, 11) is 1.58. The van der Waals surface area contributed by atoms with E-state index < -0.39 is 0 Å². The van der Waals surface area contributed by atoms with E-state index in [0.717, 1.165) is 22.1 Å². The maximum Gasteiger partial charge on any atom is 0.186 e. The lowest BCUT2D eigenvalue weighted by atomic mass is 10.2. The number of hydrogen-bond acceptors (Lipinski definition) is 4. The van der Waals surface area contributed by atoms with Crippen molar-refractivity contribution in [3.8, 4) is 11.5 Å². The molecule has 0 aromatic heterocycles. The second kappa shape index (κ2) is 10.7. The Morgan fingerprint density at radius 3 is 2.67 bits per heavy atom. The van der Waals surface area contributed by atoms with Crippen LogP contribution in [0.4, 0.5) is 0 Å². The van der Waals surface area contributed by atoms with Crippen molar-refractivity contribution in [2.45, 2.75) is 13.5 Å². The van der Waals surface area contributed by atoms with Crippen molar-refractivity contribution in [2.24, 2.45) is 5.10 Å². The highest BCUT2D eigenvalue weighted by molar-refractivity contribution is 9.10. The highest BCUT2D eigenvalue weighted by atomic mass is 79.9. The number of benzene rings is 2. The average molecular weight is 491 g/mol. The van der Waals surface area contributed by atoms with Gasteiger partial charge < -0.3 is 14.8 Å². The lowest BCUT2D eigenvalue weighted by molar-refractivity contribution is 0.284. The molecule has 0 amide bonds. The molecular formula is C18H18BrCl2N3O2S. The van der Waals surface area contributed by atoms with Gasteiger partial charge in [0.15, 0.2) is 16.6 Å². The summed E-state index contributed by atoms with van der Waals surface area (Å²) in [4.78, 5) is 0. The minimum atomic E-state index is 0.325. The molecule has 2 aromatic rings. The first-order valence-electron chi connectivity index (χ1n) is 7.95. The van der Waals surface area contributed by atoms with Crippen LogP contribution in [0, 0.1) is 0 Å². The monoisotopic (exact) mass is 489 g/mol. The highest BCUT2D eigenvalue weighted by Crippen LogP contribution is 2.33. The molecule has 0 unspecified atom stereocenters. The highest BCUT2D eigenvalue weighted by Gasteiger charge is 2.10. The first kappa shape index (κ1) is 21.8. The minimum Gasteiger partial charge on any atom is -0.493 e. The third-order valence-corrected chi connectivity index (χ3v) is 5.03. The largest absolute Gasteiger partial charge is 0.493 e. The van der Waals surface area contributed by atoms with Crippen molar-refractivity contribution in [2.75, 3.05) is 13.7 Å². The van der Waals surface area contributed by atoms with Crippen LogP contribution >= 0.6 is 51.3 Å². The van der Waals surface area contributed by atoms with E-state index in [1.165, 1.54) is 0 Å². The first-order chi connectivity index (χ1) is 12.9. The lowest BCUT2D eigenvalue weighted by Gasteiger charge is -2.13. The molecule has 0 radical (unpaired) electrons. The van der Waals surface area contributed by atoms with Gasteiger partial charge in [0.2, 0.25) is 0 Å². The molecule has 0 atom stereocenters. The fourth-order valence-corrected chi connectivity index (χ4v) is 3.02. The zero-order valence-corrected chi connectivity index (χ0v) is 18.6. The zero-order valence-electron chi connectivity index (χ0n) is 14.7. The van der Waals surface area contributed by atoms with Gasteiger partial charge in [0.25, 0.3) is 0 Å². The molecule has 5 nitrogen and oxygen atoms in total. The maximum atomic E-state index is 6.04. The summed E-state index contributed by atoms with van der Waals surface area (Å²) in [6.45, 7) is 3.01. The molecule has 0 aliphatic carbocycles. The van der Waals surface area contributed by atoms with Crippen molar-refractivity contribution in [3.63, 3.8) is 0 Å². The van der Waals surface area contributed by atoms with Gasteiger partial charge >= 0.3 is 0 Å². The van der Waals surface area contributed by atoms with E-state index in [9.17, 15) is 0 Å². The number of nitrogens with zero attached hydrogens (tertiary/aromatic N) is 1. The van der Waals surface area contributed by atoms with Gasteiger partial charge in [-0.15, -0.1) is 0 Å². The molecule has 0 saturated heterocycles. The molecule has 2 N–H and O–H groups in total. The van der Waals surface area contributed by atoms with E-state index in [1.807, 2.05) is 25.1 Å². The molecule has 0 aliphatic heterocycles. The lowest BCUT2D eigenvalue weighted by Crippen LogP contribution is -2.31. The number of halogens is 3. The van der Waals surface area contributed by atoms with Crippen molar-refractivity contribution in [3.05, 3.63) is 56.0 Å². The molecule has 2 aromatic carbocycles. The number of hydrogen-bond donors (Lipinski definition) is 2. The van der Waals surface area contributed by atoms with Crippen LogP contribution in [0.5, 0.6) is 11.5 Å². The Bertz CT molecular complexity index is 850. The number of rotatable bonds is 7. The topological polar surface area (TPSA) is 54.9 Å². The third kappa shape index (κ3) is 6.53. The predicted molar refractivity (Wildman–Crippen MR) is 118 cm³/mol. The quantitative estimate of drug-likeness (QED) is 0.319. The van der Waals surface area contributed by atoms with Crippen LogP contribution in [-0.2, 0) is 6.61 Å². The van der Waals surface area contributed by atoms with Crippen LogP contribution in [-0.4, -0.2) is 25.0 Å². The van der Waals surface area contributed by atoms with Gasteiger partial charge in [-0.05, 0) is 64.9 Å². The molecule has 0 spiro atoms. The fourth-order valence-electron chi connectivity index (χ4n) is 2.07. The van der Waals surface area contributed by atoms with Crippen LogP contribution in [0.1, 0.15) is 18.1 Å². The number of hydrazone groups is 1. The van der Waals surface area contributed by atoms with E-state index >= 15 is 0 Å². The predicted octanol–water partition coefficient (Wildman–Crippen LogP) is 5.16. The fraction of sp³-hybridized carbons (Fsp3) is 0.222. The van der Waals surface area contributed by atoms with Crippen LogP contribution < -0.4 is 20.2 Å². The van der Waals surface area contributed by atoms with E-state index in [1.54, 1.807) is 25.5 Å². The molecule has 0 heterocycles. The molecule has 0 saturated carbocycles. The van der Waals surface area contributed by atoms with E-state index in [2.05, 4.69) is 31.8 Å². The Balaban J connectivity index is 2.11. The summed E-state index contributed by atoms with van der Waals surface area (Å²) in [5, 5.41) is 8.51. The van der Waals surface area contributed by atoms with E-state index in [4.69, 9.17) is 44.9 Å². The Labute approximate surface area is 182 Å². The molecular weight excluding hydrogens is 473 g/mol. The third-order valence-electron chi connectivity index (χ3n) is 3.37. The summed E-state index contributed by atoms with van der Waals surface area (Å²) in [6.07, 6.45) is 1.64. The molecule has 0 bridgehead atoms. The number of ether oxygens (including phenoxy) is 2. The van der Waals surface area contributed by atoms with Gasteiger partial charge in [-0.25, -0.2) is 0 Å². The molecule has 2 rings (SSSR count). The van der Waals surface area contributed by atoms with Crippen molar-refractivity contribution < 1.29 is 9.47 Å². The Kier molecular flexibility index (Phi) is 8.63. The van der Waals surface area contributed by atoms with Crippen molar-refractivity contribution >= 4 is 62.7 Å². The van der Waals surface area contributed by atoms with Gasteiger partial charge in [-0.1, -0.05) is 29.3 Å². The van der Waals surface area contributed by atoms with Gasteiger partial charge in [0, 0.05) is 16.6 Å². The van der Waals surface area contributed by atoms with Crippen LogP contribution in [0.2, 0.25) is 10.0 Å². The molecule has 144 valence electrons. The van der Waals surface area contributed by atoms with E-state index in [0.29, 0.717) is 33.3 Å². The summed E-state index contributed by atoms with van der Waals surface area (Å²) >= 11 is 20.5. The second-order valence-electron chi connectivity index (χ2n) is 5.29. The molecule has 9 heteroatoms. The summed E-state index contributed by atoms with van der Waals surface area (Å²) < 4.78 is 12.1. The minimum absolute atomic E-state index is 0.325. The number of thiocarbonyl (C=S) groups is 1. The maximum absolute atomic E-state index is 6.04. The SMILES string of the molecule is CCNC(=S)NN=Cc1cc(OC)c(OCc2ccc(Cl)c(Cl)c2)cc1Br. The van der Waals surface area contributed by atoms with Gasteiger partial charge in [-0.3, -0.25) is 5.43 Å².